The molecule has 1 aliphatic heterocycles. The van der Waals surface area contributed by atoms with Crippen LogP contribution in [0, 0.1) is 0 Å². The average molecular weight is 383 g/mol. The largest absolute Gasteiger partial charge is 0.416 e. The van der Waals surface area contributed by atoms with E-state index < -0.39 is 11.7 Å². The molecule has 0 radical (unpaired) electrons. The van der Waals surface area contributed by atoms with Crippen molar-refractivity contribution in [3.8, 4) is 0 Å². The van der Waals surface area contributed by atoms with Gasteiger partial charge in [0.15, 0.2) is 0 Å². The Morgan fingerprint density at radius 3 is 2.54 bits per heavy atom. The van der Waals surface area contributed by atoms with Gasteiger partial charge < -0.3 is 10.2 Å². The SMILES string of the molecule is FC(F)(F)c1ccc(C2CCNC/C2=N\OCc2ccccc2Cl)cc1. The highest BCUT2D eigenvalue weighted by atomic mass is 35.5. The molecule has 1 atom stereocenters. The first-order valence-electron chi connectivity index (χ1n) is 8.25. The van der Waals surface area contributed by atoms with Gasteiger partial charge in [0.05, 0.1) is 11.3 Å². The normalized spacial score (nSPS) is 19.5. The van der Waals surface area contributed by atoms with Crippen LogP contribution in [0.15, 0.2) is 53.7 Å². The number of halogens is 4. The highest BCUT2D eigenvalue weighted by Gasteiger charge is 2.31. The summed E-state index contributed by atoms with van der Waals surface area (Å²) in [7, 11) is 0. The van der Waals surface area contributed by atoms with Crippen molar-refractivity contribution in [2.75, 3.05) is 13.1 Å². The molecule has 26 heavy (non-hydrogen) atoms. The van der Waals surface area contributed by atoms with Gasteiger partial charge in [-0.3, -0.25) is 0 Å². The molecule has 2 aromatic carbocycles. The Hall–Kier alpha value is -2.05. The van der Waals surface area contributed by atoms with Crippen molar-refractivity contribution in [3.05, 3.63) is 70.2 Å². The molecule has 0 amide bonds. The number of nitrogens with one attached hydrogen (secondary N) is 1. The van der Waals surface area contributed by atoms with E-state index in [1.165, 1.54) is 12.1 Å². The molecule has 2 aromatic rings. The highest BCUT2D eigenvalue weighted by Crippen LogP contribution is 2.31. The molecular formula is C19H18ClF3N2O. The minimum Gasteiger partial charge on any atom is -0.391 e. The molecule has 0 saturated carbocycles. The van der Waals surface area contributed by atoms with Crippen molar-refractivity contribution in [2.45, 2.75) is 25.1 Å². The Kier molecular flexibility index (Phi) is 5.84. The molecular weight excluding hydrogens is 365 g/mol. The molecule has 138 valence electrons. The van der Waals surface area contributed by atoms with E-state index in [2.05, 4.69) is 10.5 Å². The summed E-state index contributed by atoms with van der Waals surface area (Å²) in [6, 6.07) is 12.6. The summed E-state index contributed by atoms with van der Waals surface area (Å²) < 4.78 is 38.2. The first kappa shape index (κ1) is 18.7. The predicted octanol–water partition coefficient (Wildman–Crippen LogP) is 5.01. The summed E-state index contributed by atoms with van der Waals surface area (Å²) in [4.78, 5) is 5.45. The van der Waals surface area contributed by atoms with Crippen LogP contribution in [0.4, 0.5) is 13.2 Å². The molecule has 0 aliphatic carbocycles. The summed E-state index contributed by atoms with van der Waals surface area (Å²) in [5, 5.41) is 8.04. The van der Waals surface area contributed by atoms with Crippen LogP contribution in [0.3, 0.4) is 0 Å². The van der Waals surface area contributed by atoms with Crippen molar-refractivity contribution in [1.82, 2.24) is 5.32 Å². The molecule has 0 aromatic heterocycles. The van der Waals surface area contributed by atoms with Crippen LogP contribution in [-0.2, 0) is 17.6 Å². The number of hydrogen-bond acceptors (Lipinski definition) is 3. The molecule has 3 rings (SSSR count). The van der Waals surface area contributed by atoms with Gasteiger partial charge in [0.25, 0.3) is 0 Å². The van der Waals surface area contributed by atoms with E-state index in [4.69, 9.17) is 16.4 Å². The van der Waals surface area contributed by atoms with Crippen LogP contribution in [-0.4, -0.2) is 18.8 Å². The third-order valence-electron chi connectivity index (χ3n) is 4.32. The third kappa shape index (κ3) is 4.56. The van der Waals surface area contributed by atoms with E-state index in [0.29, 0.717) is 11.6 Å². The molecule has 7 heteroatoms. The number of piperidine rings is 1. The third-order valence-corrected chi connectivity index (χ3v) is 4.69. The second-order valence-corrected chi connectivity index (χ2v) is 6.49. The number of benzene rings is 2. The van der Waals surface area contributed by atoms with Crippen LogP contribution in [0.2, 0.25) is 5.02 Å². The Balaban J connectivity index is 1.72. The fourth-order valence-electron chi connectivity index (χ4n) is 2.91. The Labute approximate surface area is 154 Å². The topological polar surface area (TPSA) is 33.6 Å². The molecule has 1 fully saturated rings. The second kappa shape index (κ2) is 8.10. The lowest BCUT2D eigenvalue weighted by Crippen LogP contribution is -2.36. The quantitative estimate of drug-likeness (QED) is 0.754. The van der Waals surface area contributed by atoms with Gasteiger partial charge >= 0.3 is 6.18 Å². The van der Waals surface area contributed by atoms with Gasteiger partial charge in [0.1, 0.15) is 6.61 Å². The zero-order valence-electron chi connectivity index (χ0n) is 13.9. The van der Waals surface area contributed by atoms with Crippen LogP contribution < -0.4 is 5.32 Å². The standard InChI is InChI=1S/C19H18ClF3N2O/c20-17-4-2-1-3-14(17)12-26-25-18-11-24-10-9-16(18)13-5-7-15(8-6-13)19(21,22)23/h1-8,16,24H,9-12H2/b25-18+. The van der Waals surface area contributed by atoms with Crippen molar-refractivity contribution >= 4 is 17.3 Å². The van der Waals surface area contributed by atoms with Crippen molar-refractivity contribution in [3.63, 3.8) is 0 Å². The van der Waals surface area contributed by atoms with Gasteiger partial charge in [-0.05, 0) is 36.7 Å². The monoisotopic (exact) mass is 382 g/mol. The van der Waals surface area contributed by atoms with E-state index in [1.54, 1.807) is 6.07 Å². The van der Waals surface area contributed by atoms with Crippen LogP contribution in [0.5, 0.6) is 0 Å². The number of oxime groups is 1. The van der Waals surface area contributed by atoms with Crippen LogP contribution in [0.1, 0.15) is 29.0 Å². The summed E-state index contributed by atoms with van der Waals surface area (Å²) in [6.45, 7) is 1.55. The zero-order valence-corrected chi connectivity index (χ0v) is 14.6. The molecule has 1 saturated heterocycles. The van der Waals surface area contributed by atoms with Crippen LogP contribution in [0.25, 0.3) is 0 Å². The van der Waals surface area contributed by atoms with E-state index in [-0.39, 0.29) is 12.5 Å². The molecule has 3 nitrogen and oxygen atoms in total. The highest BCUT2D eigenvalue weighted by molar-refractivity contribution is 6.31. The first-order valence-corrected chi connectivity index (χ1v) is 8.63. The van der Waals surface area contributed by atoms with Gasteiger partial charge in [0, 0.05) is 23.0 Å². The minimum absolute atomic E-state index is 0.0650. The molecule has 0 bridgehead atoms. The first-order chi connectivity index (χ1) is 12.4. The van der Waals surface area contributed by atoms with Gasteiger partial charge in [-0.15, -0.1) is 0 Å². The molecule has 1 heterocycles. The van der Waals surface area contributed by atoms with E-state index >= 15 is 0 Å². The number of rotatable bonds is 4. The maximum absolute atomic E-state index is 12.7. The lowest BCUT2D eigenvalue weighted by molar-refractivity contribution is -0.137. The van der Waals surface area contributed by atoms with Crippen molar-refractivity contribution in [2.24, 2.45) is 5.16 Å². The Bertz CT molecular complexity index is 775. The summed E-state index contributed by atoms with van der Waals surface area (Å²) in [6.07, 6.45) is -3.58. The van der Waals surface area contributed by atoms with Gasteiger partial charge in [0.2, 0.25) is 0 Å². The van der Waals surface area contributed by atoms with Crippen LogP contribution >= 0.6 is 11.6 Å². The van der Waals surface area contributed by atoms with Crippen molar-refractivity contribution < 1.29 is 18.0 Å². The minimum atomic E-state index is -4.33. The Morgan fingerprint density at radius 1 is 1.12 bits per heavy atom. The Morgan fingerprint density at radius 2 is 1.85 bits per heavy atom. The predicted molar refractivity (Wildman–Crippen MR) is 95.3 cm³/mol. The second-order valence-electron chi connectivity index (χ2n) is 6.09. The lowest BCUT2D eigenvalue weighted by Gasteiger charge is -2.25. The van der Waals surface area contributed by atoms with E-state index in [1.807, 2.05) is 18.2 Å². The summed E-state index contributed by atoms with van der Waals surface area (Å²) >= 11 is 6.09. The van der Waals surface area contributed by atoms with Gasteiger partial charge in [-0.1, -0.05) is 47.1 Å². The fraction of sp³-hybridized carbons (Fsp3) is 0.316. The number of nitrogens with zero attached hydrogens (tertiary/aromatic N) is 1. The maximum atomic E-state index is 12.7. The molecule has 0 spiro atoms. The lowest BCUT2D eigenvalue weighted by atomic mass is 9.88. The van der Waals surface area contributed by atoms with Crippen molar-refractivity contribution in [1.29, 1.82) is 0 Å². The molecule has 1 aliphatic rings. The van der Waals surface area contributed by atoms with Gasteiger partial charge in [-0.2, -0.15) is 13.2 Å². The zero-order chi connectivity index (χ0) is 18.6. The summed E-state index contributed by atoms with van der Waals surface area (Å²) in [5.74, 6) is -0.0650. The van der Waals surface area contributed by atoms with Gasteiger partial charge in [-0.25, -0.2) is 0 Å². The molecule has 1 unspecified atom stereocenters. The fourth-order valence-corrected chi connectivity index (χ4v) is 3.10. The summed E-state index contributed by atoms with van der Waals surface area (Å²) in [5.41, 5.74) is 1.75. The van der Waals surface area contributed by atoms with E-state index in [0.717, 1.165) is 41.9 Å². The smallest absolute Gasteiger partial charge is 0.391 e. The number of alkyl halides is 3. The molecule has 1 N–H and O–H groups in total. The maximum Gasteiger partial charge on any atom is 0.416 e. The number of hydrogen-bond donors (Lipinski definition) is 1. The average Bonchev–Trinajstić information content (AvgIpc) is 2.63. The van der Waals surface area contributed by atoms with E-state index in [9.17, 15) is 13.2 Å².